The molecule has 0 aliphatic heterocycles. The van der Waals surface area contributed by atoms with Crippen molar-refractivity contribution in [3.8, 4) is 11.6 Å². The highest BCUT2D eigenvalue weighted by Crippen LogP contribution is 2.31. The van der Waals surface area contributed by atoms with Gasteiger partial charge in [0, 0.05) is 34.6 Å². The number of ether oxygens (including phenoxy) is 1. The van der Waals surface area contributed by atoms with Crippen LogP contribution in [0.2, 0.25) is 10.0 Å². The van der Waals surface area contributed by atoms with Crippen LogP contribution in [0.25, 0.3) is 0 Å². The van der Waals surface area contributed by atoms with Crippen LogP contribution in [0.15, 0.2) is 47.8 Å². The molecule has 0 radical (unpaired) electrons. The summed E-state index contributed by atoms with van der Waals surface area (Å²) in [7, 11) is 0. The van der Waals surface area contributed by atoms with Crippen LogP contribution in [0.3, 0.4) is 0 Å². The van der Waals surface area contributed by atoms with Gasteiger partial charge < -0.3 is 9.94 Å². The summed E-state index contributed by atoms with van der Waals surface area (Å²) in [5.41, 5.74) is 2.23. The summed E-state index contributed by atoms with van der Waals surface area (Å²) in [6, 6.07) is 10.1. The number of oxime groups is 1. The fourth-order valence-corrected chi connectivity index (χ4v) is 2.66. The largest absolute Gasteiger partial charge is 0.437 e. The van der Waals surface area contributed by atoms with E-state index in [9.17, 15) is 5.21 Å². The predicted molar refractivity (Wildman–Crippen MR) is 96.2 cm³/mol. The van der Waals surface area contributed by atoms with Crippen LogP contribution >= 0.6 is 23.2 Å². The normalized spacial score (nSPS) is 11.6. The summed E-state index contributed by atoms with van der Waals surface area (Å²) in [6.07, 6.45) is 1.54. The van der Waals surface area contributed by atoms with Gasteiger partial charge in [-0.15, -0.1) is 0 Å². The first kappa shape index (κ1) is 17.3. The second kappa shape index (κ2) is 7.13. The van der Waals surface area contributed by atoms with Gasteiger partial charge in [0.2, 0.25) is 5.88 Å². The minimum atomic E-state index is 0.259. The molecule has 0 saturated heterocycles. The Bertz CT molecular complexity index is 954. The molecule has 3 aromatic rings. The third-order valence-corrected chi connectivity index (χ3v) is 3.95. The summed E-state index contributed by atoms with van der Waals surface area (Å²) in [5, 5.41) is 18.1. The van der Waals surface area contributed by atoms with Crippen LogP contribution in [0.4, 0.5) is 0 Å². The Morgan fingerprint density at radius 1 is 1.16 bits per heavy atom. The van der Waals surface area contributed by atoms with Crippen LogP contribution in [-0.2, 0) is 0 Å². The van der Waals surface area contributed by atoms with Gasteiger partial charge in [-0.3, -0.25) is 0 Å². The lowest BCUT2D eigenvalue weighted by molar-refractivity contribution is 0.316. The smallest absolute Gasteiger partial charge is 0.219 e. The highest BCUT2D eigenvalue weighted by molar-refractivity contribution is 6.34. The first-order chi connectivity index (χ1) is 12.0. The Labute approximate surface area is 154 Å². The van der Waals surface area contributed by atoms with Crippen LogP contribution in [-0.4, -0.2) is 25.8 Å². The molecule has 0 unspecified atom stereocenters. The first-order valence-electron chi connectivity index (χ1n) is 7.33. The topological polar surface area (TPSA) is 72.5 Å². The summed E-state index contributed by atoms with van der Waals surface area (Å²) in [5.74, 6) is 0.923. The monoisotopic (exact) mass is 376 g/mol. The fraction of sp³-hybridized carbons (Fsp3) is 0.118. The van der Waals surface area contributed by atoms with Crippen molar-refractivity contribution in [3.05, 3.63) is 69.6 Å². The van der Waals surface area contributed by atoms with Crippen molar-refractivity contribution < 1.29 is 9.94 Å². The van der Waals surface area contributed by atoms with Gasteiger partial charge >= 0.3 is 0 Å². The zero-order valence-corrected chi connectivity index (χ0v) is 15.0. The first-order valence-corrected chi connectivity index (χ1v) is 8.08. The zero-order chi connectivity index (χ0) is 18.0. The molecule has 0 fully saturated rings. The molecule has 0 atom stereocenters. The summed E-state index contributed by atoms with van der Waals surface area (Å²) in [4.78, 5) is 4.15. The van der Waals surface area contributed by atoms with E-state index >= 15 is 0 Å². The molecular formula is C17H14Cl2N4O2. The average molecular weight is 377 g/mol. The Balaban J connectivity index is 1.96. The lowest BCUT2D eigenvalue weighted by Gasteiger charge is -2.10. The van der Waals surface area contributed by atoms with Crippen LogP contribution < -0.4 is 4.74 Å². The van der Waals surface area contributed by atoms with Crippen molar-refractivity contribution in [2.45, 2.75) is 13.8 Å². The molecule has 2 heterocycles. The molecule has 0 bridgehead atoms. The SMILES string of the molecule is Cc1cc(C)n(/C(=N\O)c2ccnc(Oc3cc(Cl)ccc3Cl)c2)n1. The number of aryl methyl sites for hydroxylation is 2. The number of aromatic nitrogens is 3. The van der Waals surface area contributed by atoms with Gasteiger partial charge in [0.15, 0.2) is 5.84 Å². The highest BCUT2D eigenvalue weighted by Gasteiger charge is 2.14. The van der Waals surface area contributed by atoms with E-state index in [1.54, 1.807) is 41.2 Å². The third-order valence-electron chi connectivity index (χ3n) is 3.41. The number of hydrogen-bond donors (Lipinski definition) is 1. The lowest BCUT2D eigenvalue weighted by Crippen LogP contribution is -2.17. The molecule has 1 aromatic carbocycles. The summed E-state index contributed by atoms with van der Waals surface area (Å²) >= 11 is 12.1. The number of rotatable bonds is 3. The number of benzene rings is 1. The third kappa shape index (κ3) is 3.75. The summed E-state index contributed by atoms with van der Waals surface area (Å²) in [6.45, 7) is 3.73. The van der Waals surface area contributed by atoms with Gasteiger partial charge in [-0.2, -0.15) is 5.10 Å². The van der Waals surface area contributed by atoms with Crippen LogP contribution in [0.1, 0.15) is 17.0 Å². The molecule has 3 rings (SSSR count). The Morgan fingerprint density at radius 3 is 2.64 bits per heavy atom. The lowest BCUT2D eigenvalue weighted by atomic mass is 10.2. The maximum atomic E-state index is 9.46. The molecule has 8 heteroatoms. The predicted octanol–water partition coefficient (Wildman–Crippen LogP) is 4.68. The number of hydrogen-bond acceptors (Lipinski definition) is 5. The van der Waals surface area contributed by atoms with Crippen molar-refractivity contribution in [1.29, 1.82) is 0 Å². The molecule has 1 N–H and O–H groups in total. The standard InChI is InChI=1S/C17H14Cl2N4O2/c1-10-7-11(2)23(21-10)17(22-24)12-5-6-20-16(8-12)25-15-9-13(18)3-4-14(15)19/h3-9,24H,1-2H3/b22-17-. The van der Waals surface area contributed by atoms with Gasteiger partial charge in [0.1, 0.15) is 5.75 Å². The minimum absolute atomic E-state index is 0.259. The second-order valence-electron chi connectivity index (χ2n) is 5.32. The maximum Gasteiger partial charge on any atom is 0.219 e. The molecule has 0 aliphatic carbocycles. The van der Waals surface area contributed by atoms with E-state index in [4.69, 9.17) is 27.9 Å². The molecule has 25 heavy (non-hydrogen) atoms. The van der Waals surface area contributed by atoms with Gasteiger partial charge in [-0.05, 0) is 38.1 Å². The Kier molecular flexibility index (Phi) is 4.92. The quantitative estimate of drug-likeness (QED) is 0.311. The average Bonchev–Trinajstić information content (AvgIpc) is 2.90. The van der Waals surface area contributed by atoms with Gasteiger partial charge in [-0.1, -0.05) is 28.4 Å². The molecule has 2 aromatic heterocycles. The number of halogens is 2. The molecule has 0 aliphatic rings. The number of pyridine rings is 1. The van der Waals surface area contributed by atoms with Gasteiger partial charge in [-0.25, -0.2) is 9.67 Å². The molecule has 6 nitrogen and oxygen atoms in total. The summed E-state index contributed by atoms with van der Waals surface area (Å²) < 4.78 is 7.25. The second-order valence-corrected chi connectivity index (χ2v) is 6.17. The van der Waals surface area contributed by atoms with Crippen molar-refractivity contribution in [2.24, 2.45) is 5.16 Å². The van der Waals surface area contributed by atoms with E-state index in [1.165, 1.54) is 0 Å². The molecule has 128 valence electrons. The van der Waals surface area contributed by atoms with Crippen molar-refractivity contribution in [2.75, 3.05) is 0 Å². The van der Waals surface area contributed by atoms with E-state index in [2.05, 4.69) is 15.2 Å². The van der Waals surface area contributed by atoms with Gasteiger partial charge in [0.25, 0.3) is 0 Å². The zero-order valence-electron chi connectivity index (χ0n) is 13.4. The molecule has 0 spiro atoms. The van der Waals surface area contributed by atoms with Crippen LogP contribution in [0.5, 0.6) is 11.6 Å². The maximum absolute atomic E-state index is 9.46. The van der Waals surface area contributed by atoms with E-state index in [-0.39, 0.29) is 11.7 Å². The van der Waals surface area contributed by atoms with Gasteiger partial charge in [0.05, 0.1) is 10.7 Å². The van der Waals surface area contributed by atoms with Crippen molar-refractivity contribution in [3.63, 3.8) is 0 Å². The number of nitrogens with zero attached hydrogens (tertiary/aromatic N) is 4. The van der Waals surface area contributed by atoms with Crippen molar-refractivity contribution >= 4 is 29.0 Å². The van der Waals surface area contributed by atoms with E-state index in [0.717, 1.165) is 11.4 Å². The van der Waals surface area contributed by atoms with E-state index < -0.39 is 0 Å². The fourth-order valence-electron chi connectivity index (χ4n) is 2.34. The molecule has 0 saturated carbocycles. The molecular weight excluding hydrogens is 363 g/mol. The van der Waals surface area contributed by atoms with Crippen molar-refractivity contribution in [1.82, 2.24) is 14.8 Å². The highest BCUT2D eigenvalue weighted by atomic mass is 35.5. The van der Waals surface area contributed by atoms with E-state index in [1.807, 2.05) is 19.9 Å². The minimum Gasteiger partial charge on any atom is -0.437 e. The Hall–Kier alpha value is -2.57. The Morgan fingerprint density at radius 2 is 1.96 bits per heavy atom. The molecule has 0 amide bonds. The van der Waals surface area contributed by atoms with Crippen LogP contribution in [0, 0.1) is 13.8 Å². The van der Waals surface area contributed by atoms with E-state index in [0.29, 0.717) is 21.4 Å².